The van der Waals surface area contributed by atoms with Crippen molar-refractivity contribution in [3.8, 4) is 0 Å². The second-order valence-corrected chi connectivity index (χ2v) is 5.74. The van der Waals surface area contributed by atoms with Crippen molar-refractivity contribution in [3.05, 3.63) is 24.3 Å². The Labute approximate surface area is 89.7 Å². The van der Waals surface area contributed by atoms with E-state index in [1.54, 1.807) is 24.3 Å². The van der Waals surface area contributed by atoms with Crippen LogP contribution in [0.2, 0.25) is 0 Å². The molecular formula is C10H14N2O2S. The molecule has 0 bridgehead atoms. The molecule has 1 aromatic rings. The number of hydrogen-bond acceptors (Lipinski definition) is 3. The van der Waals surface area contributed by atoms with Crippen LogP contribution in [-0.2, 0) is 10.0 Å². The first-order valence-corrected chi connectivity index (χ1v) is 6.68. The zero-order valence-electron chi connectivity index (χ0n) is 8.55. The Bertz CT molecular complexity index is 466. The van der Waals surface area contributed by atoms with Gasteiger partial charge in [0.25, 0.3) is 0 Å². The number of benzene rings is 1. The maximum atomic E-state index is 11.6. The van der Waals surface area contributed by atoms with E-state index in [0.29, 0.717) is 11.4 Å². The second-order valence-electron chi connectivity index (χ2n) is 3.88. The lowest BCUT2D eigenvalue weighted by atomic mass is 10.3. The van der Waals surface area contributed by atoms with Crippen LogP contribution in [-0.4, -0.2) is 20.7 Å². The summed E-state index contributed by atoms with van der Waals surface area (Å²) in [4.78, 5) is 0. The zero-order valence-corrected chi connectivity index (χ0v) is 9.37. The molecule has 0 unspecified atom stereocenters. The van der Waals surface area contributed by atoms with Gasteiger partial charge in [-0.3, -0.25) is 4.31 Å². The van der Waals surface area contributed by atoms with Gasteiger partial charge in [-0.25, -0.2) is 8.42 Å². The summed E-state index contributed by atoms with van der Waals surface area (Å²) >= 11 is 0. The van der Waals surface area contributed by atoms with Gasteiger partial charge in [0.05, 0.1) is 11.9 Å². The van der Waals surface area contributed by atoms with Gasteiger partial charge in [-0.1, -0.05) is 6.07 Å². The predicted octanol–water partition coefficient (Wildman–Crippen LogP) is 1.20. The Morgan fingerprint density at radius 1 is 1.40 bits per heavy atom. The van der Waals surface area contributed by atoms with Crippen molar-refractivity contribution in [2.45, 2.75) is 18.9 Å². The summed E-state index contributed by atoms with van der Waals surface area (Å²) in [5.41, 5.74) is 6.89. The zero-order chi connectivity index (χ0) is 11.1. The van der Waals surface area contributed by atoms with E-state index in [0.717, 1.165) is 12.8 Å². The van der Waals surface area contributed by atoms with Crippen LogP contribution in [0, 0.1) is 0 Å². The molecule has 1 saturated carbocycles. The van der Waals surface area contributed by atoms with Gasteiger partial charge in [-0.05, 0) is 31.0 Å². The van der Waals surface area contributed by atoms with Gasteiger partial charge < -0.3 is 5.73 Å². The fraction of sp³-hybridized carbons (Fsp3) is 0.400. The Kier molecular flexibility index (Phi) is 2.34. The standard InChI is InChI=1S/C10H14N2O2S/c1-15(13,14)12(9-5-6-9)10-4-2-3-8(11)7-10/h2-4,7,9H,5-6,11H2,1H3. The van der Waals surface area contributed by atoms with Crippen molar-refractivity contribution in [1.82, 2.24) is 0 Å². The van der Waals surface area contributed by atoms with E-state index in [1.807, 2.05) is 0 Å². The number of anilines is 2. The summed E-state index contributed by atoms with van der Waals surface area (Å²) in [5.74, 6) is 0. The highest BCUT2D eigenvalue weighted by molar-refractivity contribution is 7.92. The first-order chi connectivity index (χ1) is 6.98. The number of rotatable bonds is 3. The molecule has 4 nitrogen and oxygen atoms in total. The van der Waals surface area contributed by atoms with Gasteiger partial charge in [-0.15, -0.1) is 0 Å². The molecule has 0 saturated heterocycles. The summed E-state index contributed by atoms with van der Waals surface area (Å²) in [6.45, 7) is 0. The summed E-state index contributed by atoms with van der Waals surface area (Å²) in [7, 11) is -3.19. The third-order valence-corrected chi connectivity index (χ3v) is 3.58. The molecule has 0 radical (unpaired) electrons. The van der Waals surface area contributed by atoms with Gasteiger partial charge >= 0.3 is 0 Å². The van der Waals surface area contributed by atoms with Crippen molar-refractivity contribution in [3.63, 3.8) is 0 Å². The molecule has 1 fully saturated rings. The number of hydrogen-bond donors (Lipinski definition) is 1. The van der Waals surface area contributed by atoms with Crippen LogP contribution < -0.4 is 10.0 Å². The van der Waals surface area contributed by atoms with E-state index in [9.17, 15) is 8.42 Å². The number of sulfonamides is 1. The molecule has 0 amide bonds. The average molecular weight is 226 g/mol. The lowest BCUT2D eigenvalue weighted by molar-refractivity contribution is 0.596. The molecule has 1 aliphatic rings. The van der Waals surface area contributed by atoms with Crippen LogP contribution in [0.4, 0.5) is 11.4 Å². The maximum Gasteiger partial charge on any atom is 0.232 e. The van der Waals surface area contributed by atoms with E-state index in [-0.39, 0.29) is 6.04 Å². The van der Waals surface area contributed by atoms with Crippen molar-refractivity contribution in [1.29, 1.82) is 0 Å². The van der Waals surface area contributed by atoms with Gasteiger partial charge in [0.2, 0.25) is 10.0 Å². The molecule has 2 rings (SSSR count). The topological polar surface area (TPSA) is 63.4 Å². The number of nitrogens with two attached hydrogens (primary N) is 1. The molecule has 2 N–H and O–H groups in total. The molecule has 5 heteroatoms. The van der Waals surface area contributed by atoms with Crippen LogP contribution in [0.3, 0.4) is 0 Å². The van der Waals surface area contributed by atoms with E-state index >= 15 is 0 Å². The van der Waals surface area contributed by atoms with E-state index in [2.05, 4.69) is 0 Å². The van der Waals surface area contributed by atoms with Crippen molar-refractivity contribution < 1.29 is 8.42 Å². The average Bonchev–Trinajstić information content (AvgIpc) is 2.86. The van der Waals surface area contributed by atoms with Crippen LogP contribution in [0.15, 0.2) is 24.3 Å². The lowest BCUT2D eigenvalue weighted by Gasteiger charge is -2.22. The van der Waals surface area contributed by atoms with Crippen molar-refractivity contribution in [2.75, 3.05) is 16.3 Å². The molecule has 1 aliphatic carbocycles. The molecule has 15 heavy (non-hydrogen) atoms. The highest BCUT2D eigenvalue weighted by Crippen LogP contribution is 2.34. The Hall–Kier alpha value is -1.23. The molecule has 0 heterocycles. The fourth-order valence-electron chi connectivity index (χ4n) is 1.64. The van der Waals surface area contributed by atoms with Crippen LogP contribution >= 0.6 is 0 Å². The third-order valence-electron chi connectivity index (χ3n) is 2.36. The molecule has 0 spiro atoms. The normalized spacial score (nSPS) is 16.3. The van der Waals surface area contributed by atoms with Crippen LogP contribution in [0.1, 0.15) is 12.8 Å². The minimum absolute atomic E-state index is 0.127. The summed E-state index contributed by atoms with van der Waals surface area (Å²) in [5, 5.41) is 0. The second kappa shape index (κ2) is 3.41. The van der Waals surface area contributed by atoms with Crippen molar-refractivity contribution >= 4 is 21.4 Å². The molecule has 0 aromatic heterocycles. The Balaban J connectivity index is 2.41. The monoisotopic (exact) mass is 226 g/mol. The lowest BCUT2D eigenvalue weighted by Crippen LogP contribution is -2.31. The van der Waals surface area contributed by atoms with E-state index < -0.39 is 10.0 Å². The van der Waals surface area contributed by atoms with E-state index in [4.69, 9.17) is 5.73 Å². The molecule has 0 aliphatic heterocycles. The molecular weight excluding hydrogens is 212 g/mol. The first-order valence-electron chi connectivity index (χ1n) is 4.83. The predicted molar refractivity (Wildman–Crippen MR) is 61.2 cm³/mol. The summed E-state index contributed by atoms with van der Waals surface area (Å²) in [6.07, 6.45) is 3.10. The van der Waals surface area contributed by atoms with Gasteiger partial charge in [0.1, 0.15) is 0 Å². The van der Waals surface area contributed by atoms with Crippen LogP contribution in [0.25, 0.3) is 0 Å². The molecule has 1 aromatic carbocycles. The number of nitrogens with zero attached hydrogens (tertiary/aromatic N) is 1. The summed E-state index contributed by atoms with van der Waals surface area (Å²) in [6, 6.07) is 7.11. The van der Waals surface area contributed by atoms with E-state index in [1.165, 1.54) is 10.6 Å². The first kappa shape index (κ1) is 10.3. The quantitative estimate of drug-likeness (QED) is 0.788. The number of nitrogen functional groups attached to an aromatic ring is 1. The SMILES string of the molecule is CS(=O)(=O)N(c1cccc(N)c1)C1CC1. The van der Waals surface area contributed by atoms with Gasteiger partial charge in [-0.2, -0.15) is 0 Å². The Morgan fingerprint density at radius 2 is 2.07 bits per heavy atom. The minimum atomic E-state index is -3.19. The van der Waals surface area contributed by atoms with Gasteiger partial charge in [0.15, 0.2) is 0 Å². The maximum absolute atomic E-state index is 11.6. The highest BCUT2D eigenvalue weighted by Gasteiger charge is 2.35. The molecule has 82 valence electrons. The third kappa shape index (κ3) is 2.23. The summed E-state index contributed by atoms with van der Waals surface area (Å²) < 4.78 is 24.7. The minimum Gasteiger partial charge on any atom is -0.399 e. The van der Waals surface area contributed by atoms with Crippen molar-refractivity contribution in [2.24, 2.45) is 0 Å². The Morgan fingerprint density at radius 3 is 2.53 bits per heavy atom. The fourth-order valence-corrected chi connectivity index (χ4v) is 2.89. The highest BCUT2D eigenvalue weighted by atomic mass is 32.2. The molecule has 0 atom stereocenters. The smallest absolute Gasteiger partial charge is 0.232 e. The van der Waals surface area contributed by atoms with Crippen LogP contribution in [0.5, 0.6) is 0 Å². The largest absolute Gasteiger partial charge is 0.399 e. The van der Waals surface area contributed by atoms with Gasteiger partial charge in [0, 0.05) is 11.7 Å².